The van der Waals surface area contributed by atoms with Crippen LogP contribution in [-0.4, -0.2) is 23.9 Å². The molecule has 1 aromatic heterocycles. The van der Waals surface area contributed by atoms with E-state index in [0.29, 0.717) is 18.7 Å². The van der Waals surface area contributed by atoms with Crippen molar-refractivity contribution < 1.29 is 9.21 Å². The summed E-state index contributed by atoms with van der Waals surface area (Å²) in [7, 11) is 0. The van der Waals surface area contributed by atoms with Gasteiger partial charge in [-0.25, -0.2) is 4.79 Å². The van der Waals surface area contributed by atoms with Crippen molar-refractivity contribution in [3.05, 3.63) is 56.4 Å². The average molecular weight is 348 g/mol. The SMILES string of the molecule is CC1=C(Br)CN(C(=O)c2cc3ccccc3oc2=O)CC1. The van der Waals surface area contributed by atoms with Gasteiger partial charge in [-0.3, -0.25) is 4.79 Å². The fourth-order valence-electron chi connectivity index (χ4n) is 2.37. The van der Waals surface area contributed by atoms with Gasteiger partial charge in [0, 0.05) is 16.4 Å². The molecule has 0 saturated heterocycles. The molecule has 1 aliphatic rings. The summed E-state index contributed by atoms with van der Waals surface area (Å²) >= 11 is 3.48. The molecule has 2 aromatic rings. The topological polar surface area (TPSA) is 50.5 Å². The van der Waals surface area contributed by atoms with Crippen molar-refractivity contribution in [2.75, 3.05) is 13.1 Å². The number of fused-ring (bicyclic) bond motifs is 1. The molecule has 0 spiro atoms. The van der Waals surface area contributed by atoms with Crippen molar-refractivity contribution in [2.45, 2.75) is 13.3 Å². The molecule has 0 unspecified atom stereocenters. The molecule has 0 aliphatic carbocycles. The number of amides is 1. The average Bonchev–Trinajstić information content (AvgIpc) is 2.48. The molecule has 0 saturated carbocycles. The molecule has 0 radical (unpaired) electrons. The summed E-state index contributed by atoms with van der Waals surface area (Å²) < 4.78 is 6.23. The molecule has 2 heterocycles. The summed E-state index contributed by atoms with van der Waals surface area (Å²) in [4.78, 5) is 26.2. The fourth-order valence-corrected chi connectivity index (χ4v) is 2.88. The second kappa shape index (κ2) is 5.48. The van der Waals surface area contributed by atoms with Crippen LogP contribution in [0.1, 0.15) is 23.7 Å². The van der Waals surface area contributed by atoms with Crippen LogP contribution in [0.15, 0.2) is 49.6 Å². The molecule has 1 aromatic carbocycles. The first-order valence-electron chi connectivity index (χ1n) is 6.72. The van der Waals surface area contributed by atoms with Gasteiger partial charge in [0.05, 0.1) is 6.54 Å². The number of benzene rings is 1. The summed E-state index contributed by atoms with van der Waals surface area (Å²) in [6.07, 6.45) is 0.811. The normalized spacial score (nSPS) is 15.6. The standard InChI is InChI=1S/C16H14BrNO3/c1-10-6-7-18(9-13(10)17)15(19)12-8-11-4-2-3-5-14(11)21-16(12)20/h2-5,8H,6-7,9H2,1H3. The molecule has 0 bridgehead atoms. The Bertz CT molecular complexity index is 807. The van der Waals surface area contributed by atoms with E-state index in [-0.39, 0.29) is 11.5 Å². The van der Waals surface area contributed by atoms with E-state index in [1.807, 2.05) is 19.1 Å². The highest BCUT2D eigenvalue weighted by atomic mass is 79.9. The number of para-hydroxylation sites is 1. The van der Waals surface area contributed by atoms with Crippen molar-refractivity contribution in [3.63, 3.8) is 0 Å². The lowest BCUT2D eigenvalue weighted by atomic mass is 10.1. The molecule has 108 valence electrons. The van der Waals surface area contributed by atoms with E-state index in [4.69, 9.17) is 4.42 Å². The largest absolute Gasteiger partial charge is 0.422 e. The molecule has 0 N–H and O–H groups in total. The predicted molar refractivity (Wildman–Crippen MR) is 84.6 cm³/mol. The highest BCUT2D eigenvalue weighted by Crippen LogP contribution is 2.23. The van der Waals surface area contributed by atoms with Crippen molar-refractivity contribution in [2.24, 2.45) is 0 Å². The van der Waals surface area contributed by atoms with Crippen molar-refractivity contribution in [1.29, 1.82) is 0 Å². The highest BCUT2D eigenvalue weighted by Gasteiger charge is 2.24. The molecule has 1 aliphatic heterocycles. The van der Waals surface area contributed by atoms with Gasteiger partial charge < -0.3 is 9.32 Å². The Morgan fingerprint density at radius 2 is 2.10 bits per heavy atom. The number of halogens is 1. The quantitative estimate of drug-likeness (QED) is 0.743. The summed E-state index contributed by atoms with van der Waals surface area (Å²) in [5.41, 5.74) is 1.24. The van der Waals surface area contributed by atoms with Crippen LogP contribution in [0, 0.1) is 0 Å². The number of nitrogens with zero attached hydrogens (tertiary/aromatic N) is 1. The molecule has 21 heavy (non-hydrogen) atoms. The van der Waals surface area contributed by atoms with Gasteiger partial charge in [-0.15, -0.1) is 0 Å². The van der Waals surface area contributed by atoms with Crippen LogP contribution in [0.2, 0.25) is 0 Å². The van der Waals surface area contributed by atoms with E-state index in [0.717, 1.165) is 16.3 Å². The van der Waals surface area contributed by atoms with Gasteiger partial charge in [-0.05, 0) is 25.5 Å². The van der Waals surface area contributed by atoms with Crippen LogP contribution < -0.4 is 5.63 Å². The molecule has 4 nitrogen and oxygen atoms in total. The lowest BCUT2D eigenvalue weighted by Crippen LogP contribution is -2.38. The molecular formula is C16H14BrNO3. The monoisotopic (exact) mass is 347 g/mol. The molecule has 0 atom stereocenters. The summed E-state index contributed by atoms with van der Waals surface area (Å²) in [6.45, 7) is 3.15. The maximum Gasteiger partial charge on any atom is 0.349 e. The fraction of sp³-hybridized carbons (Fsp3) is 0.250. The van der Waals surface area contributed by atoms with E-state index in [1.54, 1.807) is 23.1 Å². The summed E-state index contributed by atoms with van der Waals surface area (Å²) in [5.74, 6) is -0.279. The van der Waals surface area contributed by atoms with Crippen LogP contribution in [0.3, 0.4) is 0 Å². The first-order valence-corrected chi connectivity index (χ1v) is 7.52. The van der Waals surface area contributed by atoms with Crippen LogP contribution in [-0.2, 0) is 0 Å². The Hall–Kier alpha value is -1.88. The zero-order chi connectivity index (χ0) is 15.0. The maximum absolute atomic E-state index is 12.5. The van der Waals surface area contributed by atoms with Crippen LogP contribution in [0.5, 0.6) is 0 Å². The summed E-state index contributed by atoms with van der Waals surface area (Å²) in [6, 6.07) is 8.80. The van der Waals surface area contributed by atoms with Gasteiger partial charge in [0.25, 0.3) is 5.91 Å². The van der Waals surface area contributed by atoms with E-state index in [9.17, 15) is 9.59 Å². The van der Waals surface area contributed by atoms with Crippen LogP contribution in [0.25, 0.3) is 11.0 Å². The Labute approximate surface area is 130 Å². The Kier molecular flexibility index (Phi) is 3.68. The summed E-state index contributed by atoms with van der Waals surface area (Å²) in [5, 5.41) is 0.753. The molecule has 5 heteroatoms. The number of carbonyl (C=O) groups is 1. The Morgan fingerprint density at radius 1 is 1.33 bits per heavy atom. The lowest BCUT2D eigenvalue weighted by Gasteiger charge is -2.27. The third-order valence-electron chi connectivity index (χ3n) is 3.71. The lowest BCUT2D eigenvalue weighted by molar-refractivity contribution is 0.0763. The number of hydrogen-bond acceptors (Lipinski definition) is 3. The number of carbonyl (C=O) groups excluding carboxylic acids is 1. The van der Waals surface area contributed by atoms with Crippen molar-refractivity contribution in [1.82, 2.24) is 4.90 Å². The second-order valence-corrected chi connectivity index (χ2v) is 6.10. The first kappa shape index (κ1) is 14.1. The molecule has 3 rings (SSSR count). The van der Waals surface area contributed by atoms with Crippen molar-refractivity contribution in [3.8, 4) is 0 Å². The van der Waals surface area contributed by atoms with Gasteiger partial charge >= 0.3 is 5.63 Å². The Balaban J connectivity index is 1.99. The minimum atomic E-state index is -0.582. The third-order valence-corrected chi connectivity index (χ3v) is 4.64. The van der Waals surface area contributed by atoms with Gasteiger partial charge in [0.15, 0.2) is 0 Å². The minimum Gasteiger partial charge on any atom is -0.422 e. The van der Waals surface area contributed by atoms with Gasteiger partial charge in [-0.1, -0.05) is 39.7 Å². The van der Waals surface area contributed by atoms with E-state index in [2.05, 4.69) is 15.9 Å². The second-order valence-electron chi connectivity index (χ2n) is 5.15. The zero-order valence-corrected chi connectivity index (χ0v) is 13.1. The smallest absolute Gasteiger partial charge is 0.349 e. The van der Waals surface area contributed by atoms with Gasteiger partial charge in [0.2, 0.25) is 0 Å². The van der Waals surface area contributed by atoms with Crippen LogP contribution in [0.4, 0.5) is 0 Å². The van der Waals surface area contributed by atoms with E-state index >= 15 is 0 Å². The minimum absolute atomic E-state index is 0.0913. The first-order chi connectivity index (χ1) is 10.1. The molecular weight excluding hydrogens is 334 g/mol. The van der Waals surface area contributed by atoms with Crippen molar-refractivity contribution >= 4 is 32.8 Å². The third kappa shape index (κ3) is 2.65. The van der Waals surface area contributed by atoms with Gasteiger partial charge in [-0.2, -0.15) is 0 Å². The maximum atomic E-state index is 12.5. The molecule has 1 amide bonds. The number of hydrogen-bond donors (Lipinski definition) is 0. The van der Waals surface area contributed by atoms with E-state index < -0.39 is 5.63 Å². The molecule has 0 fully saturated rings. The highest BCUT2D eigenvalue weighted by molar-refractivity contribution is 9.11. The van der Waals surface area contributed by atoms with Crippen LogP contribution >= 0.6 is 15.9 Å². The zero-order valence-electron chi connectivity index (χ0n) is 11.6. The Morgan fingerprint density at radius 3 is 2.86 bits per heavy atom. The van der Waals surface area contributed by atoms with E-state index in [1.165, 1.54) is 5.57 Å². The van der Waals surface area contributed by atoms with Gasteiger partial charge in [0.1, 0.15) is 11.1 Å². The predicted octanol–water partition coefficient (Wildman–Crippen LogP) is 3.31. The number of rotatable bonds is 1.